The average Bonchev–Trinajstić information content (AvgIpc) is 2.09. The highest BCUT2D eigenvalue weighted by molar-refractivity contribution is 6.52. The zero-order chi connectivity index (χ0) is 9.14. The van der Waals surface area contributed by atoms with E-state index in [2.05, 4.69) is 0 Å². The Morgan fingerprint density at radius 2 is 2.08 bits per heavy atom. The molecule has 1 aromatic rings. The van der Waals surface area contributed by atoms with E-state index in [1.165, 1.54) is 6.07 Å². The van der Waals surface area contributed by atoms with Crippen molar-refractivity contribution in [3.63, 3.8) is 0 Å². The molecule has 0 unspecified atom stereocenters. The monoisotopic (exact) mass is 167 g/mol. The van der Waals surface area contributed by atoms with Crippen molar-refractivity contribution in [2.45, 2.75) is 6.82 Å². The number of aldehydes is 1. The Labute approximate surface area is 69.6 Å². The Balaban J connectivity index is 3.28. The summed E-state index contributed by atoms with van der Waals surface area (Å²) >= 11 is 0. The molecule has 0 saturated heterocycles. The topological polar surface area (TPSA) is 17.1 Å². The number of hydrogen-bond donors (Lipinski definition) is 0. The van der Waals surface area contributed by atoms with Gasteiger partial charge in [-0.2, -0.15) is 0 Å². The van der Waals surface area contributed by atoms with Gasteiger partial charge in [0.25, 0.3) is 0 Å². The minimum atomic E-state index is -1.09. The molecule has 4 heteroatoms. The van der Waals surface area contributed by atoms with Crippen LogP contribution in [-0.2, 0) is 0 Å². The lowest BCUT2D eigenvalue weighted by Gasteiger charge is -1.99. The lowest BCUT2D eigenvalue weighted by Crippen LogP contribution is -2.14. The third kappa shape index (κ3) is 1.52. The highest BCUT2D eigenvalue weighted by Crippen LogP contribution is 2.07. The fourth-order valence-corrected chi connectivity index (χ4v) is 0.885. The van der Waals surface area contributed by atoms with Gasteiger partial charge in [0.15, 0.2) is 17.9 Å². The smallest absolute Gasteiger partial charge is 0.169 e. The Morgan fingerprint density at radius 1 is 1.42 bits per heavy atom. The largest absolute Gasteiger partial charge is 0.298 e. The minimum absolute atomic E-state index is 0.247. The van der Waals surface area contributed by atoms with E-state index in [0.29, 0.717) is 11.7 Å². The van der Waals surface area contributed by atoms with Crippen LogP contribution in [-0.4, -0.2) is 13.6 Å². The van der Waals surface area contributed by atoms with Crippen LogP contribution in [0.25, 0.3) is 0 Å². The van der Waals surface area contributed by atoms with Crippen LogP contribution < -0.4 is 5.46 Å². The van der Waals surface area contributed by atoms with E-state index in [4.69, 9.17) is 0 Å². The Hall–Kier alpha value is -1.19. The fourth-order valence-electron chi connectivity index (χ4n) is 0.885. The third-order valence-corrected chi connectivity index (χ3v) is 1.54. The van der Waals surface area contributed by atoms with Crippen LogP contribution in [0.5, 0.6) is 0 Å². The summed E-state index contributed by atoms with van der Waals surface area (Å²) in [5, 5.41) is 0. The van der Waals surface area contributed by atoms with Gasteiger partial charge < -0.3 is 0 Å². The quantitative estimate of drug-likeness (QED) is 0.477. The summed E-state index contributed by atoms with van der Waals surface area (Å²) < 4.78 is 25.4. The zero-order valence-electron chi connectivity index (χ0n) is 6.47. The molecule has 0 spiro atoms. The van der Waals surface area contributed by atoms with Gasteiger partial charge in [0.1, 0.15) is 7.28 Å². The minimum Gasteiger partial charge on any atom is -0.298 e. The molecule has 61 valence electrons. The molecular formula is C8H6BF2O. The van der Waals surface area contributed by atoms with E-state index >= 15 is 0 Å². The molecule has 0 aliphatic carbocycles. The van der Waals surface area contributed by atoms with Crippen LogP contribution in [0.3, 0.4) is 0 Å². The summed E-state index contributed by atoms with van der Waals surface area (Å²) in [4.78, 5) is 10.2. The summed E-state index contributed by atoms with van der Waals surface area (Å²) in [6, 6.07) is 2.34. The predicted octanol–water partition coefficient (Wildman–Crippen LogP) is 1.15. The van der Waals surface area contributed by atoms with Crippen molar-refractivity contribution in [2.75, 3.05) is 0 Å². The Bertz CT molecular complexity index is 312. The maximum Gasteiger partial charge on any atom is 0.169 e. The number of hydrogen-bond acceptors (Lipinski definition) is 1. The summed E-state index contributed by atoms with van der Waals surface area (Å²) in [6.45, 7) is 1.68. The molecular weight excluding hydrogens is 161 g/mol. The maximum atomic E-state index is 12.7. The van der Waals surface area contributed by atoms with Crippen molar-refractivity contribution in [2.24, 2.45) is 0 Å². The summed E-state index contributed by atoms with van der Waals surface area (Å²) in [7, 11) is 1.59. The van der Waals surface area contributed by atoms with Gasteiger partial charge in [0.05, 0.1) is 5.56 Å². The number of benzene rings is 1. The first-order valence-corrected chi connectivity index (χ1v) is 3.42. The van der Waals surface area contributed by atoms with Crippen LogP contribution >= 0.6 is 0 Å². The maximum absolute atomic E-state index is 12.7. The van der Waals surface area contributed by atoms with Crippen molar-refractivity contribution in [1.82, 2.24) is 0 Å². The summed E-state index contributed by atoms with van der Waals surface area (Å²) in [6.07, 6.45) is 0.297. The predicted molar refractivity (Wildman–Crippen MR) is 43.0 cm³/mol. The lowest BCUT2D eigenvalue weighted by molar-refractivity contribution is 0.111. The van der Waals surface area contributed by atoms with Crippen LogP contribution in [0.4, 0.5) is 8.78 Å². The van der Waals surface area contributed by atoms with E-state index in [0.717, 1.165) is 6.07 Å². The number of halogens is 2. The Morgan fingerprint density at radius 3 is 2.58 bits per heavy atom. The molecule has 0 amide bonds. The second-order valence-electron chi connectivity index (χ2n) is 2.31. The first-order chi connectivity index (χ1) is 5.69. The molecule has 0 N–H and O–H groups in total. The highest BCUT2D eigenvalue weighted by Gasteiger charge is 2.08. The molecule has 0 aliphatic rings. The second-order valence-corrected chi connectivity index (χ2v) is 2.31. The molecule has 1 nitrogen and oxygen atoms in total. The van der Waals surface area contributed by atoms with Crippen molar-refractivity contribution < 1.29 is 13.6 Å². The number of carbonyl (C=O) groups excluding carboxylic acids is 1. The van der Waals surface area contributed by atoms with Crippen molar-refractivity contribution >= 4 is 19.0 Å². The van der Waals surface area contributed by atoms with Crippen molar-refractivity contribution in [1.29, 1.82) is 0 Å². The molecule has 1 radical (unpaired) electrons. The van der Waals surface area contributed by atoms with Gasteiger partial charge in [-0.1, -0.05) is 18.4 Å². The molecule has 0 fully saturated rings. The van der Waals surface area contributed by atoms with Crippen LogP contribution in [0.15, 0.2) is 12.1 Å². The molecule has 1 aromatic carbocycles. The van der Waals surface area contributed by atoms with E-state index in [1.807, 2.05) is 0 Å². The normalized spacial score (nSPS) is 9.58. The van der Waals surface area contributed by atoms with E-state index in [9.17, 15) is 13.6 Å². The highest BCUT2D eigenvalue weighted by atomic mass is 19.2. The van der Waals surface area contributed by atoms with Crippen LogP contribution in [0.1, 0.15) is 10.4 Å². The number of rotatable bonds is 2. The van der Waals surface area contributed by atoms with Gasteiger partial charge in [0.2, 0.25) is 0 Å². The van der Waals surface area contributed by atoms with E-state index in [1.54, 1.807) is 14.1 Å². The average molecular weight is 167 g/mol. The summed E-state index contributed by atoms with van der Waals surface area (Å²) in [5.41, 5.74) is 0.249. The van der Waals surface area contributed by atoms with Crippen molar-refractivity contribution in [3.8, 4) is 0 Å². The van der Waals surface area contributed by atoms with E-state index < -0.39 is 11.6 Å². The Kier molecular flexibility index (Phi) is 2.58. The van der Waals surface area contributed by atoms with E-state index in [-0.39, 0.29) is 5.56 Å². The van der Waals surface area contributed by atoms with Gasteiger partial charge in [-0.15, -0.1) is 0 Å². The fraction of sp³-hybridized carbons (Fsp3) is 0.125. The first-order valence-electron chi connectivity index (χ1n) is 3.42. The van der Waals surface area contributed by atoms with Gasteiger partial charge >= 0.3 is 0 Å². The number of carbonyl (C=O) groups is 1. The van der Waals surface area contributed by atoms with Crippen LogP contribution in [0, 0.1) is 11.6 Å². The van der Waals surface area contributed by atoms with Gasteiger partial charge in [-0.05, 0) is 6.07 Å². The van der Waals surface area contributed by atoms with Crippen molar-refractivity contribution in [3.05, 3.63) is 29.3 Å². The van der Waals surface area contributed by atoms with Gasteiger partial charge in [-0.25, -0.2) is 8.78 Å². The van der Waals surface area contributed by atoms with Gasteiger partial charge in [0, 0.05) is 0 Å². The third-order valence-electron chi connectivity index (χ3n) is 1.54. The summed E-state index contributed by atoms with van der Waals surface area (Å²) in [5.74, 6) is -2.08. The molecule has 0 heterocycles. The molecule has 0 bridgehead atoms. The molecule has 0 aliphatic heterocycles. The van der Waals surface area contributed by atoms with Gasteiger partial charge in [-0.3, -0.25) is 4.79 Å². The molecule has 0 atom stereocenters. The molecule has 0 aromatic heterocycles. The standard InChI is InChI=1S/C8H6BF2O/c1-9-6-2-5(4-12)8(11)7(10)3-6/h2-4H,1H3. The van der Waals surface area contributed by atoms with Crippen LogP contribution in [0.2, 0.25) is 6.82 Å². The lowest BCUT2D eigenvalue weighted by atomic mass is 9.73. The molecule has 1 rings (SSSR count). The SMILES string of the molecule is C[B]c1cc(F)c(F)c(C=O)c1. The first kappa shape index (κ1) is 8.91. The molecule has 12 heavy (non-hydrogen) atoms. The zero-order valence-corrected chi connectivity index (χ0v) is 6.47. The second kappa shape index (κ2) is 3.47. The molecule has 0 saturated carbocycles.